The molecule has 104 valence electrons. The molecule has 6 heteroatoms. The first-order valence-corrected chi connectivity index (χ1v) is 5.84. The van der Waals surface area contributed by atoms with E-state index < -0.39 is 55.1 Å². The molecular weight excluding hydrogens is 251 g/mol. The van der Waals surface area contributed by atoms with Gasteiger partial charge in [0, 0.05) is 10.3 Å². The minimum atomic E-state index is -3.12. The Morgan fingerprint density at radius 2 is 1.89 bits per heavy atom. The van der Waals surface area contributed by atoms with Gasteiger partial charge in [0.25, 0.3) is 6.43 Å². The molecule has 0 bridgehead atoms. The van der Waals surface area contributed by atoms with E-state index in [9.17, 15) is 8.78 Å². The second kappa shape index (κ2) is 4.53. The SMILES string of the molecule is [2H]c1nc(C(F)F)c([2H])c(B2OC(C)(C)C(C)(C)O2)c1C([2H])([2H])[2H]. The highest BCUT2D eigenvalue weighted by Crippen LogP contribution is 2.36. The topological polar surface area (TPSA) is 31.4 Å². The summed E-state index contributed by atoms with van der Waals surface area (Å²) in [6, 6.07) is -0.773. The van der Waals surface area contributed by atoms with Crippen LogP contribution in [-0.2, 0) is 9.31 Å². The molecule has 0 saturated carbocycles. The van der Waals surface area contributed by atoms with Gasteiger partial charge in [0.2, 0.25) is 0 Å². The van der Waals surface area contributed by atoms with Crippen LogP contribution >= 0.6 is 0 Å². The molecule has 0 spiro atoms. The molecule has 0 radical (unpaired) electrons. The Labute approximate surface area is 119 Å². The summed E-state index contributed by atoms with van der Waals surface area (Å²) >= 11 is 0. The molecule has 0 aromatic carbocycles. The average Bonchev–Trinajstić information content (AvgIpc) is 2.58. The lowest BCUT2D eigenvalue weighted by Gasteiger charge is -2.32. The molecule has 0 amide bonds. The van der Waals surface area contributed by atoms with Gasteiger partial charge >= 0.3 is 7.12 Å². The fourth-order valence-electron chi connectivity index (χ4n) is 1.65. The van der Waals surface area contributed by atoms with Crippen LogP contribution in [0, 0.1) is 6.85 Å². The Hall–Kier alpha value is -1.01. The van der Waals surface area contributed by atoms with Gasteiger partial charge < -0.3 is 9.31 Å². The van der Waals surface area contributed by atoms with E-state index in [4.69, 9.17) is 16.2 Å². The highest BCUT2D eigenvalue weighted by Gasteiger charge is 2.52. The average molecular weight is 274 g/mol. The number of aromatic nitrogens is 1. The smallest absolute Gasteiger partial charge is 0.399 e. The number of halogens is 2. The third kappa shape index (κ3) is 2.51. The molecule has 0 aliphatic carbocycles. The minimum absolute atomic E-state index is 0.385. The van der Waals surface area contributed by atoms with E-state index in [0.717, 1.165) is 0 Å². The van der Waals surface area contributed by atoms with Crippen molar-refractivity contribution in [2.75, 3.05) is 0 Å². The lowest BCUT2D eigenvalue weighted by molar-refractivity contribution is 0.00578. The zero-order valence-corrected chi connectivity index (χ0v) is 11.2. The number of rotatable bonds is 2. The standard InChI is InChI=1S/C13H18BF2NO2/c1-8-7-17-10(11(15)16)6-9(8)14-18-12(2,3)13(4,5)19-14/h6-7,11H,1-5H3/i1D3,6D,7D. The predicted octanol–water partition coefficient (Wildman–Crippen LogP) is 2.63. The van der Waals surface area contributed by atoms with Gasteiger partial charge in [-0.15, -0.1) is 0 Å². The molecule has 1 aliphatic rings. The van der Waals surface area contributed by atoms with Gasteiger partial charge in [0.1, 0.15) is 5.69 Å². The van der Waals surface area contributed by atoms with Gasteiger partial charge in [-0.05, 0) is 51.6 Å². The second-order valence-electron chi connectivity index (χ2n) is 5.41. The van der Waals surface area contributed by atoms with Crippen LogP contribution in [0.5, 0.6) is 0 Å². The fourth-order valence-corrected chi connectivity index (χ4v) is 1.65. The van der Waals surface area contributed by atoms with E-state index in [0.29, 0.717) is 0 Å². The summed E-state index contributed by atoms with van der Waals surface area (Å²) in [4.78, 5) is 3.30. The predicted molar refractivity (Wildman–Crippen MR) is 69.6 cm³/mol. The lowest BCUT2D eigenvalue weighted by Crippen LogP contribution is -2.41. The van der Waals surface area contributed by atoms with Crippen LogP contribution in [0.3, 0.4) is 0 Å². The molecule has 0 unspecified atom stereocenters. The number of hydrogen-bond acceptors (Lipinski definition) is 3. The summed E-state index contributed by atoms with van der Waals surface area (Å²) in [7, 11) is -1.34. The van der Waals surface area contributed by atoms with Crippen molar-refractivity contribution in [1.29, 1.82) is 0 Å². The van der Waals surface area contributed by atoms with E-state index in [2.05, 4.69) is 4.98 Å². The van der Waals surface area contributed by atoms with Crippen LogP contribution < -0.4 is 5.46 Å². The molecular formula is C13H18BF2NO2. The summed E-state index contributed by atoms with van der Waals surface area (Å²) in [5.41, 5.74) is -3.66. The lowest BCUT2D eigenvalue weighted by atomic mass is 9.76. The Balaban J connectivity index is 2.72. The first-order valence-electron chi connectivity index (χ1n) is 8.34. The first kappa shape index (κ1) is 9.03. The van der Waals surface area contributed by atoms with Crippen molar-refractivity contribution in [2.45, 2.75) is 52.2 Å². The largest absolute Gasteiger partial charge is 0.495 e. The summed E-state index contributed by atoms with van der Waals surface area (Å²) in [6.45, 7) is 4.02. The summed E-state index contributed by atoms with van der Waals surface area (Å²) in [6.07, 6.45) is -3.94. The molecule has 1 fully saturated rings. The van der Waals surface area contributed by atoms with E-state index in [1.165, 1.54) is 0 Å². The molecule has 0 atom stereocenters. The molecule has 1 aromatic rings. The summed E-state index contributed by atoms with van der Waals surface area (Å²) in [5.74, 6) is 0. The van der Waals surface area contributed by atoms with Crippen molar-refractivity contribution >= 4 is 12.6 Å². The molecule has 2 heterocycles. The maximum absolute atomic E-state index is 13.1. The van der Waals surface area contributed by atoms with Gasteiger partial charge in [-0.3, -0.25) is 4.98 Å². The third-order valence-electron chi connectivity index (χ3n) is 3.52. The first-order chi connectivity index (χ1) is 10.7. The van der Waals surface area contributed by atoms with E-state index in [-0.39, 0.29) is 5.46 Å². The minimum Gasteiger partial charge on any atom is -0.399 e. The van der Waals surface area contributed by atoms with Crippen molar-refractivity contribution in [3.05, 3.63) is 23.5 Å². The van der Waals surface area contributed by atoms with E-state index in [1.54, 1.807) is 27.7 Å². The molecule has 1 saturated heterocycles. The quantitative estimate of drug-likeness (QED) is 0.777. The van der Waals surface area contributed by atoms with E-state index >= 15 is 0 Å². The fraction of sp³-hybridized carbons (Fsp3) is 0.615. The van der Waals surface area contributed by atoms with Gasteiger partial charge in [0.05, 0.1) is 13.9 Å². The van der Waals surface area contributed by atoms with Gasteiger partial charge in [-0.2, -0.15) is 0 Å². The highest BCUT2D eigenvalue weighted by atomic mass is 19.3. The van der Waals surface area contributed by atoms with Crippen LogP contribution in [0.2, 0.25) is 0 Å². The molecule has 2 rings (SSSR count). The van der Waals surface area contributed by atoms with Gasteiger partial charge in [0.15, 0.2) is 0 Å². The molecule has 19 heavy (non-hydrogen) atoms. The Morgan fingerprint density at radius 1 is 1.32 bits per heavy atom. The number of nitrogens with zero attached hydrogens (tertiary/aromatic N) is 1. The zero-order valence-electron chi connectivity index (χ0n) is 16.2. The number of pyridine rings is 1. The second-order valence-corrected chi connectivity index (χ2v) is 5.41. The number of alkyl halides is 2. The number of hydrogen-bond donors (Lipinski definition) is 0. The van der Waals surface area contributed by atoms with Crippen LogP contribution in [0.15, 0.2) is 12.2 Å². The van der Waals surface area contributed by atoms with Crippen LogP contribution in [0.4, 0.5) is 8.78 Å². The molecule has 1 aromatic heterocycles. The Morgan fingerprint density at radius 3 is 2.37 bits per heavy atom. The third-order valence-corrected chi connectivity index (χ3v) is 3.52. The molecule has 0 N–H and O–H groups in total. The van der Waals surface area contributed by atoms with Crippen LogP contribution in [0.25, 0.3) is 0 Å². The van der Waals surface area contributed by atoms with Crippen molar-refractivity contribution in [3.8, 4) is 0 Å². The Kier molecular flexibility index (Phi) is 2.15. The zero-order chi connectivity index (χ0) is 18.7. The summed E-state index contributed by atoms with van der Waals surface area (Å²) < 4.78 is 76.1. The van der Waals surface area contributed by atoms with Crippen molar-refractivity contribution in [2.24, 2.45) is 0 Å². The summed E-state index contributed by atoms with van der Waals surface area (Å²) in [5, 5.41) is 0. The monoisotopic (exact) mass is 274 g/mol. The van der Waals surface area contributed by atoms with Gasteiger partial charge in [-0.25, -0.2) is 8.78 Å². The van der Waals surface area contributed by atoms with Gasteiger partial charge in [-0.1, -0.05) is 0 Å². The van der Waals surface area contributed by atoms with Crippen LogP contribution in [0.1, 0.15) is 52.2 Å². The maximum atomic E-state index is 13.1. The molecule has 3 nitrogen and oxygen atoms in total. The molecule has 1 aliphatic heterocycles. The van der Waals surface area contributed by atoms with Crippen molar-refractivity contribution in [1.82, 2.24) is 4.98 Å². The maximum Gasteiger partial charge on any atom is 0.495 e. The van der Waals surface area contributed by atoms with Crippen molar-refractivity contribution in [3.63, 3.8) is 0 Å². The van der Waals surface area contributed by atoms with Crippen molar-refractivity contribution < 1.29 is 24.9 Å². The Bertz CT molecular complexity index is 651. The normalized spacial score (nSPS) is 25.6. The van der Waals surface area contributed by atoms with E-state index in [1.807, 2.05) is 0 Å². The van der Waals surface area contributed by atoms with Crippen LogP contribution in [-0.4, -0.2) is 23.3 Å². The highest BCUT2D eigenvalue weighted by molar-refractivity contribution is 6.62.